The van der Waals surface area contributed by atoms with Crippen molar-refractivity contribution in [2.45, 2.75) is 26.8 Å². The lowest BCUT2D eigenvalue weighted by Crippen LogP contribution is -2.44. The van der Waals surface area contributed by atoms with Gasteiger partial charge in [0.05, 0.1) is 0 Å². The SMILES string of the molecule is CCNC(=O)[C@@H](C)NC(=O)c1ccc(-c2ccc(-n3cnnc3)nc2C)cc1. The maximum atomic E-state index is 12.3. The molecular weight excluding hydrogens is 356 g/mol. The summed E-state index contributed by atoms with van der Waals surface area (Å²) in [5.41, 5.74) is 3.27. The Morgan fingerprint density at radius 1 is 1.07 bits per heavy atom. The number of pyridine rings is 1. The number of amides is 2. The molecule has 0 unspecified atom stereocenters. The summed E-state index contributed by atoms with van der Waals surface area (Å²) < 4.78 is 1.74. The first-order valence-electron chi connectivity index (χ1n) is 9.01. The van der Waals surface area contributed by atoms with E-state index in [4.69, 9.17) is 0 Å². The Bertz CT molecular complexity index is 967. The molecule has 0 saturated heterocycles. The number of carbonyl (C=O) groups is 2. The summed E-state index contributed by atoms with van der Waals surface area (Å²) in [4.78, 5) is 28.7. The molecule has 0 aliphatic carbocycles. The molecule has 2 aromatic heterocycles. The van der Waals surface area contributed by atoms with Crippen LogP contribution in [0.1, 0.15) is 29.9 Å². The predicted octanol–water partition coefficient (Wildman–Crippen LogP) is 1.89. The van der Waals surface area contributed by atoms with Gasteiger partial charge in [0.15, 0.2) is 0 Å². The highest BCUT2D eigenvalue weighted by Gasteiger charge is 2.16. The summed E-state index contributed by atoms with van der Waals surface area (Å²) in [6.45, 7) is 5.94. The lowest BCUT2D eigenvalue weighted by molar-refractivity contribution is -0.122. The van der Waals surface area contributed by atoms with Crippen LogP contribution in [0.2, 0.25) is 0 Å². The molecule has 0 saturated carbocycles. The molecule has 2 amide bonds. The van der Waals surface area contributed by atoms with Crippen molar-refractivity contribution < 1.29 is 9.59 Å². The Hall–Kier alpha value is -3.55. The summed E-state index contributed by atoms with van der Waals surface area (Å²) in [6, 6.07) is 10.5. The Labute approximate surface area is 163 Å². The number of hydrogen-bond acceptors (Lipinski definition) is 5. The molecule has 0 fully saturated rings. The van der Waals surface area contributed by atoms with E-state index in [0.717, 1.165) is 22.6 Å². The fourth-order valence-electron chi connectivity index (χ4n) is 2.79. The number of aromatic nitrogens is 4. The number of carbonyl (C=O) groups excluding carboxylic acids is 2. The van der Waals surface area contributed by atoms with Crippen LogP contribution in [0.15, 0.2) is 49.1 Å². The second kappa shape index (κ2) is 8.43. The molecule has 0 bridgehead atoms. The van der Waals surface area contributed by atoms with E-state index in [1.54, 1.807) is 36.3 Å². The van der Waals surface area contributed by atoms with Gasteiger partial charge in [-0.1, -0.05) is 12.1 Å². The molecule has 0 aliphatic heterocycles. The van der Waals surface area contributed by atoms with Crippen LogP contribution in [-0.4, -0.2) is 44.1 Å². The fraction of sp³-hybridized carbons (Fsp3) is 0.250. The largest absolute Gasteiger partial charge is 0.355 e. The smallest absolute Gasteiger partial charge is 0.251 e. The monoisotopic (exact) mass is 378 g/mol. The average molecular weight is 378 g/mol. The third kappa shape index (κ3) is 4.22. The van der Waals surface area contributed by atoms with Crippen LogP contribution >= 0.6 is 0 Å². The number of hydrogen-bond donors (Lipinski definition) is 2. The van der Waals surface area contributed by atoms with Gasteiger partial charge in [0, 0.05) is 23.4 Å². The van der Waals surface area contributed by atoms with Gasteiger partial charge in [-0.15, -0.1) is 10.2 Å². The molecule has 0 radical (unpaired) electrons. The van der Waals surface area contributed by atoms with Crippen molar-refractivity contribution in [1.29, 1.82) is 0 Å². The van der Waals surface area contributed by atoms with Crippen molar-refractivity contribution in [3.05, 3.63) is 60.3 Å². The molecule has 28 heavy (non-hydrogen) atoms. The van der Waals surface area contributed by atoms with Crippen LogP contribution in [0.4, 0.5) is 0 Å². The van der Waals surface area contributed by atoms with Crippen molar-refractivity contribution in [3.63, 3.8) is 0 Å². The van der Waals surface area contributed by atoms with Gasteiger partial charge in [0.25, 0.3) is 5.91 Å². The van der Waals surface area contributed by atoms with Crippen LogP contribution in [-0.2, 0) is 4.79 Å². The van der Waals surface area contributed by atoms with E-state index >= 15 is 0 Å². The zero-order chi connectivity index (χ0) is 20.1. The first-order valence-corrected chi connectivity index (χ1v) is 9.01. The van der Waals surface area contributed by atoms with Gasteiger partial charge < -0.3 is 10.6 Å². The minimum Gasteiger partial charge on any atom is -0.355 e. The van der Waals surface area contributed by atoms with Crippen LogP contribution in [0, 0.1) is 6.92 Å². The fourth-order valence-corrected chi connectivity index (χ4v) is 2.79. The molecule has 1 aromatic carbocycles. The van der Waals surface area contributed by atoms with Crippen LogP contribution in [0.25, 0.3) is 16.9 Å². The van der Waals surface area contributed by atoms with Crippen LogP contribution in [0.5, 0.6) is 0 Å². The van der Waals surface area contributed by atoms with Crippen molar-refractivity contribution in [2.75, 3.05) is 6.54 Å². The van der Waals surface area contributed by atoms with Gasteiger partial charge in [-0.05, 0) is 50.6 Å². The Balaban J connectivity index is 1.74. The molecule has 8 nitrogen and oxygen atoms in total. The normalized spacial score (nSPS) is 11.7. The molecule has 1 atom stereocenters. The first-order chi connectivity index (χ1) is 13.5. The summed E-state index contributed by atoms with van der Waals surface area (Å²) in [7, 11) is 0. The van der Waals surface area contributed by atoms with E-state index in [-0.39, 0.29) is 11.8 Å². The van der Waals surface area contributed by atoms with Gasteiger partial charge in [0.2, 0.25) is 5.91 Å². The van der Waals surface area contributed by atoms with E-state index in [2.05, 4.69) is 25.8 Å². The maximum absolute atomic E-state index is 12.3. The number of benzene rings is 1. The zero-order valence-electron chi connectivity index (χ0n) is 16.0. The van der Waals surface area contributed by atoms with Gasteiger partial charge in [0.1, 0.15) is 24.5 Å². The van der Waals surface area contributed by atoms with E-state index in [1.165, 1.54) is 0 Å². The number of likely N-dealkylation sites (N-methyl/N-ethyl adjacent to an activating group) is 1. The number of aryl methyl sites for hydroxylation is 1. The lowest BCUT2D eigenvalue weighted by atomic mass is 10.0. The number of nitrogens with one attached hydrogen (secondary N) is 2. The highest BCUT2D eigenvalue weighted by atomic mass is 16.2. The van der Waals surface area contributed by atoms with Crippen molar-refractivity contribution in [2.24, 2.45) is 0 Å². The molecule has 2 N–H and O–H groups in total. The quantitative estimate of drug-likeness (QED) is 0.682. The molecule has 0 aliphatic rings. The summed E-state index contributed by atoms with van der Waals surface area (Å²) >= 11 is 0. The molecular formula is C20H22N6O2. The van der Waals surface area contributed by atoms with E-state index in [9.17, 15) is 9.59 Å². The Kier molecular flexibility index (Phi) is 5.78. The van der Waals surface area contributed by atoms with Crippen molar-refractivity contribution in [3.8, 4) is 16.9 Å². The summed E-state index contributed by atoms with van der Waals surface area (Å²) in [5, 5.41) is 13.0. The Morgan fingerprint density at radius 2 is 1.75 bits per heavy atom. The third-order valence-electron chi connectivity index (χ3n) is 4.30. The highest BCUT2D eigenvalue weighted by Crippen LogP contribution is 2.23. The van der Waals surface area contributed by atoms with E-state index in [1.807, 2.05) is 38.1 Å². The lowest BCUT2D eigenvalue weighted by Gasteiger charge is -2.13. The molecule has 2 heterocycles. The van der Waals surface area contributed by atoms with Crippen LogP contribution < -0.4 is 10.6 Å². The minimum atomic E-state index is -0.594. The first kappa shape index (κ1) is 19.2. The van der Waals surface area contributed by atoms with Crippen molar-refractivity contribution >= 4 is 11.8 Å². The second-order valence-corrected chi connectivity index (χ2v) is 6.34. The van der Waals surface area contributed by atoms with Gasteiger partial charge in [-0.2, -0.15) is 0 Å². The highest BCUT2D eigenvalue weighted by molar-refractivity contribution is 5.97. The third-order valence-corrected chi connectivity index (χ3v) is 4.30. The summed E-state index contributed by atoms with van der Waals surface area (Å²) in [6.07, 6.45) is 3.19. The topological polar surface area (TPSA) is 102 Å². The average Bonchev–Trinajstić information content (AvgIpc) is 3.23. The molecule has 8 heteroatoms. The van der Waals surface area contributed by atoms with Crippen LogP contribution in [0.3, 0.4) is 0 Å². The molecule has 144 valence electrons. The minimum absolute atomic E-state index is 0.206. The summed E-state index contributed by atoms with van der Waals surface area (Å²) in [5.74, 6) is 0.243. The second-order valence-electron chi connectivity index (χ2n) is 6.34. The van der Waals surface area contributed by atoms with Gasteiger partial charge >= 0.3 is 0 Å². The zero-order valence-corrected chi connectivity index (χ0v) is 16.0. The number of rotatable bonds is 6. The maximum Gasteiger partial charge on any atom is 0.251 e. The Morgan fingerprint density at radius 3 is 2.36 bits per heavy atom. The predicted molar refractivity (Wildman–Crippen MR) is 105 cm³/mol. The standard InChI is InChI=1S/C20H22N6O2/c1-4-21-19(27)14(3)25-20(28)16-7-5-15(6-8-16)17-9-10-18(24-13(17)2)26-11-22-23-12-26/h5-12,14H,4H2,1-3H3,(H,21,27)(H,25,28)/t14-/m1/s1. The van der Waals surface area contributed by atoms with E-state index in [0.29, 0.717) is 12.1 Å². The van der Waals surface area contributed by atoms with Gasteiger partial charge in [-0.3, -0.25) is 14.2 Å². The molecule has 0 spiro atoms. The number of nitrogens with zero attached hydrogens (tertiary/aromatic N) is 4. The van der Waals surface area contributed by atoms with Crippen molar-refractivity contribution in [1.82, 2.24) is 30.4 Å². The van der Waals surface area contributed by atoms with E-state index < -0.39 is 6.04 Å². The molecule has 3 aromatic rings. The van der Waals surface area contributed by atoms with Gasteiger partial charge in [-0.25, -0.2) is 4.98 Å². The molecule has 3 rings (SSSR count).